The minimum absolute atomic E-state index is 0.110. The van der Waals surface area contributed by atoms with Crippen molar-refractivity contribution in [3.63, 3.8) is 0 Å². The summed E-state index contributed by atoms with van der Waals surface area (Å²) in [4.78, 5) is 12.0. The topological polar surface area (TPSA) is 59.6 Å². The van der Waals surface area contributed by atoms with Gasteiger partial charge in [-0.05, 0) is 49.5 Å². The van der Waals surface area contributed by atoms with Gasteiger partial charge in [0.05, 0.1) is 14.2 Å². The molecule has 1 atom stereocenters. The standard InChI is InChI=1S/C16H24N2O3/c1-20-14-6-5-13(8-15(14)21-2)11-18-16(19)9-12-4-3-7-17-10-12/h5-6,8,12,17H,3-4,7,9-11H2,1-2H3,(H,18,19). The van der Waals surface area contributed by atoms with Crippen LogP contribution in [0.4, 0.5) is 0 Å². The van der Waals surface area contributed by atoms with Gasteiger partial charge in [0, 0.05) is 13.0 Å². The van der Waals surface area contributed by atoms with E-state index in [4.69, 9.17) is 9.47 Å². The highest BCUT2D eigenvalue weighted by atomic mass is 16.5. The smallest absolute Gasteiger partial charge is 0.220 e. The highest BCUT2D eigenvalue weighted by Gasteiger charge is 2.16. The average Bonchev–Trinajstić information content (AvgIpc) is 2.53. The molecule has 5 heteroatoms. The summed E-state index contributed by atoms with van der Waals surface area (Å²) in [5, 5.41) is 6.30. The molecule has 0 aromatic heterocycles. The van der Waals surface area contributed by atoms with Crippen LogP contribution in [0.2, 0.25) is 0 Å². The SMILES string of the molecule is COc1ccc(CNC(=O)CC2CCCNC2)cc1OC. The molecule has 0 radical (unpaired) electrons. The minimum Gasteiger partial charge on any atom is -0.493 e. The molecule has 21 heavy (non-hydrogen) atoms. The van der Waals surface area contributed by atoms with Gasteiger partial charge in [-0.1, -0.05) is 6.07 Å². The summed E-state index contributed by atoms with van der Waals surface area (Å²) in [7, 11) is 3.22. The van der Waals surface area contributed by atoms with E-state index in [0.717, 1.165) is 31.5 Å². The molecule has 1 aliphatic rings. The van der Waals surface area contributed by atoms with E-state index in [1.54, 1.807) is 14.2 Å². The van der Waals surface area contributed by atoms with E-state index >= 15 is 0 Å². The number of carbonyl (C=O) groups excluding carboxylic acids is 1. The molecule has 0 saturated carbocycles. The zero-order chi connectivity index (χ0) is 15.1. The van der Waals surface area contributed by atoms with Crippen LogP contribution in [-0.4, -0.2) is 33.2 Å². The zero-order valence-electron chi connectivity index (χ0n) is 12.8. The average molecular weight is 292 g/mol. The lowest BCUT2D eigenvalue weighted by Crippen LogP contribution is -2.34. The third-order valence-electron chi connectivity index (χ3n) is 3.81. The van der Waals surface area contributed by atoms with Crippen molar-refractivity contribution in [2.45, 2.75) is 25.8 Å². The van der Waals surface area contributed by atoms with E-state index in [2.05, 4.69) is 10.6 Å². The monoisotopic (exact) mass is 292 g/mol. The lowest BCUT2D eigenvalue weighted by molar-refractivity contribution is -0.122. The Morgan fingerprint density at radius 2 is 2.14 bits per heavy atom. The molecule has 1 heterocycles. The van der Waals surface area contributed by atoms with Crippen molar-refractivity contribution in [1.29, 1.82) is 0 Å². The lowest BCUT2D eigenvalue weighted by Gasteiger charge is -2.22. The van der Waals surface area contributed by atoms with Crippen LogP contribution in [0.3, 0.4) is 0 Å². The van der Waals surface area contributed by atoms with Crippen LogP contribution in [0.15, 0.2) is 18.2 Å². The Morgan fingerprint density at radius 1 is 1.33 bits per heavy atom. The molecule has 0 bridgehead atoms. The number of hydrogen-bond acceptors (Lipinski definition) is 4. The Morgan fingerprint density at radius 3 is 2.81 bits per heavy atom. The predicted molar refractivity (Wildman–Crippen MR) is 81.6 cm³/mol. The third-order valence-corrected chi connectivity index (χ3v) is 3.81. The van der Waals surface area contributed by atoms with Gasteiger partial charge >= 0.3 is 0 Å². The van der Waals surface area contributed by atoms with Gasteiger partial charge in [0.2, 0.25) is 5.91 Å². The zero-order valence-corrected chi connectivity index (χ0v) is 12.8. The van der Waals surface area contributed by atoms with Gasteiger partial charge in [-0.2, -0.15) is 0 Å². The van der Waals surface area contributed by atoms with Gasteiger partial charge in [0.25, 0.3) is 0 Å². The van der Waals surface area contributed by atoms with Crippen molar-refractivity contribution in [3.05, 3.63) is 23.8 Å². The Kier molecular flexibility index (Phi) is 5.87. The molecule has 2 N–H and O–H groups in total. The summed E-state index contributed by atoms with van der Waals surface area (Å²) in [5.41, 5.74) is 1.00. The van der Waals surface area contributed by atoms with Crippen LogP contribution < -0.4 is 20.1 Å². The van der Waals surface area contributed by atoms with Crippen molar-refractivity contribution >= 4 is 5.91 Å². The maximum atomic E-state index is 12.0. The summed E-state index contributed by atoms with van der Waals surface area (Å²) in [6, 6.07) is 5.68. The first kappa shape index (κ1) is 15.6. The predicted octanol–water partition coefficient (Wildman–Crippen LogP) is 1.71. The van der Waals surface area contributed by atoms with E-state index in [1.807, 2.05) is 18.2 Å². The fourth-order valence-corrected chi connectivity index (χ4v) is 2.62. The second-order valence-corrected chi connectivity index (χ2v) is 5.38. The summed E-state index contributed by atoms with van der Waals surface area (Å²) in [6.45, 7) is 2.53. The quantitative estimate of drug-likeness (QED) is 0.838. The van der Waals surface area contributed by atoms with Gasteiger partial charge in [-0.3, -0.25) is 4.79 Å². The van der Waals surface area contributed by atoms with Crippen LogP contribution in [0.25, 0.3) is 0 Å². The second-order valence-electron chi connectivity index (χ2n) is 5.38. The van der Waals surface area contributed by atoms with Crippen LogP contribution in [0, 0.1) is 5.92 Å². The number of methoxy groups -OCH3 is 2. The molecule has 0 spiro atoms. The number of piperidine rings is 1. The molecule has 1 fully saturated rings. The number of ether oxygens (including phenoxy) is 2. The Hall–Kier alpha value is -1.75. The molecular formula is C16H24N2O3. The van der Waals surface area contributed by atoms with Crippen LogP contribution in [0.1, 0.15) is 24.8 Å². The van der Waals surface area contributed by atoms with Crippen LogP contribution in [-0.2, 0) is 11.3 Å². The lowest BCUT2D eigenvalue weighted by atomic mass is 9.96. The Balaban J connectivity index is 1.83. The fourth-order valence-electron chi connectivity index (χ4n) is 2.62. The Bertz CT molecular complexity index is 471. The van der Waals surface area contributed by atoms with Gasteiger partial charge in [0.15, 0.2) is 11.5 Å². The molecule has 1 aliphatic heterocycles. The molecule has 1 unspecified atom stereocenters. The molecule has 5 nitrogen and oxygen atoms in total. The molecule has 116 valence electrons. The third kappa shape index (κ3) is 4.63. The van der Waals surface area contributed by atoms with E-state index < -0.39 is 0 Å². The molecule has 0 aliphatic carbocycles. The number of benzene rings is 1. The molecule has 1 aromatic carbocycles. The summed E-state index contributed by atoms with van der Waals surface area (Å²) >= 11 is 0. The van der Waals surface area contributed by atoms with E-state index in [9.17, 15) is 4.79 Å². The van der Waals surface area contributed by atoms with Gasteiger partial charge in [-0.15, -0.1) is 0 Å². The first-order valence-corrected chi connectivity index (χ1v) is 7.41. The van der Waals surface area contributed by atoms with E-state index in [0.29, 0.717) is 30.4 Å². The largest absolute Gasteiger partial charge is 0.493 e. The molecule has 1 amide bonds. The molecule has 1 saturated heterocycles. The highest BCUT2D eigenvalue weighted by molar-refractivity contribution is 5.76. The maximum Gasteiger partial charge on any atom is 0.220 e. The van der Waals surface area contributed by atoms with Crippen molar-refractivity contribution in [2.75, 3.05) is 27.3 Å². The van der Waals surface area contributed by atoms with Gasteiger partial charge in [-0.25, -0.2) is 0 Å². The first-order valence-electron chi connectivity index (χ1n) is 7.41. The second kappa shape index (κ2) is 7.88. The van der Waals surface area contributed by atoms with Gasteiger partial charge in [0.1, 0.15) is 0 Å². The summed E-state index contributed by atoms with van der Waals surface area (Å²) < 4.78 is 10.5. The van der Waals surface area contributed by atoms with Crippen molar-refractivity contribution in [2.24, 2.45) is 5.92 Å². The van der Waals surface area contributed by atoms with E-state index in [-0.39, 0.29) is 5.91 Å². The normalized spacial score (nSPS) is 18.1. The summed E-state index contributed by atoms with van der Waals surface area (Å²) in [6.07, 6.45) is 2.89. The molecular weight excluding hydrogens is 268 g/mol. The van der Waals surface area contributed by atoms with Crippen LogP contribution >= 0.6 is 0 Å². The first-order chi connectivity index (χ1) is 10.2. The molecule has 2 rings (SSSR count). The van der Waals surface area contributed by atoms with Crippen molar-refractivity contribution in [3.8, 4) is 11.5 Å². The number of nitrogens with one attached hydrogen (secondary N) is 2. The Labute approximate surface area is 126 Å². The van der Waals surface area contributed by atoms with Crippen LogP contribution in [0.5, 0.6) is 11.5 Å². The number of amides is 1. The summed E-state index contributed by atoms with van der Waals surface area (Å²) in [5.74, 6) is 1.95. The molecule has 1 aromatic rings. The van der Waals surface area contributed by atoms with E-state index in [1.165, 1.54) is 0 Å². The van der Waals surface area contributed by atoms with Crippen molar-refractivity contribution in [1.82, 2.24) is 10.6 Å². The van der Waals surface area contributed by atoms with Gasteiger partial charge < -0.3 is 20.1 Å². The van der Waals surface area contributed by atoms with Crippen molar-refractivity contribution < 1.29 is 14.3 Å². The minimum atomic E-state index is 0.110. The highest BCUT2D eigenvalue weighted by Crippen LogP contribution is 2.27. The fraction of sp³-hybridized carbons (Fsp3) is 0.562. The number of carbonyl (C=O) groups is 1. The maximum absolute atomic E-state index is 12.0. The number of rotatable bonds is 6. The number of hydrogen-bond donors (Lipinski definition) is 2.